The van der Waals surface area contributed by atoms with Gasteiger partial charge in [0, 0.05) is 0 Å². The number of hydrogen-bond acceptors (Lipinski definition) is 6. The maximum Gasteiger partial charge on any atom is 0.466 e. The number of sulfonamides is 1. The minimum absolute atomic E-state index is 0.0648. The van der Waals surface area contributed by atoms with Gasteiger partial charge in [-0.2, -0.15) is 8.42 Å². The monoisotopic (exact) mass is 379 g/mol. The second-order valence-corrected chi connectivity index (χ2v) is 6.96. The molecule has 0 radical (unpaired) electrons. The second kappa shape index (κ2) is 7.26. The quantitative estimate of drug-likeness (QED) is 0.226. The van der Waals surface area contributed by atoms with Crippen molar-refractivity contribution in [1.29, 1.82) is 0 Å². The van der Waals surface area contributed by atoms with Crippen LogP contribution in [-0.2, 0) is 25.0 Å². The van der Waals surface area contributed by atoms with E-state index in [1.165, 1.54) is 12.1 Å². The van der Waals surface area contributed by atoms with Crippen molar-refractivity contribution < 1.29 is 50.0 Å². The predicted octanol–water partition coefficient (Wildman–Crippen LogP) is -1.46. The average molecular weight is 379 g/mol. The van der Waals surface area contributed by atoms with Gasteiger partial charge < -0.3 is 14.7 Å². The molecule has 22 heavy (non-hydrogen) atoms. The first kappa shape index (κ1) is 20.6. The number of amides is 1. The molecule has 1 heterocycles. The van der Waals surface area contributed by atoms with Gasteiger partial charge in [0.05, 0.1) is 5.56 Å². The van der Waals surface area contributed by atoms with Crippen LogP contribution in [0.15, 0.2) is 29.2 Å². The Hall–Kier alpha value is -1.38. The molecule has 1 amide bonds. The largest absolute Gasteiger partial charge is 0.466 e. The summed E-state index contributed by atoms with van der Waals surface area (Å²) < 4.78 is 64.6. The highest BCUT2D eigenvalue weighted by atomic mass is 32.3. The summed E-state index contributed by atoms with van der Waals surface area (Å²) in [5, 5.41) is 0. The van der Waals surface area contributed by atoms with Crippen molar-refractivity contribution in [3.05, 3.63) is 29.8 Å². The molecule has 0 aromatic heterocycles. The van der Waals surface area contributed by atoms with E-state index in [0.717, 1.165) is 0 Å². The van der Waals surface area contributed by atoms with E-state index in [2.05, 4.69) is 0 Å². The molecule has 6 N–H and O–H groups in total. The Morgan fingerprint density at radius 1 is 1.05 bits per heavy atom. The van der Waals surface area contributed by atoms with Crippen LogP contribution >= 0.6 is 7.82 Å². The van der Waals surface area contributed by atoms with Crippen molar-refractivity contribution in [2.24, 2.45) is 0 Å². The van der Waals surface area contributed by atoms with E-state index in [1.54, 1.807) is 12.1 Å². The molecule has 1 aromatic carbocycles. The van der Waals surface area contributed by atoms with E-state index in [1.807, 2.05) is 4.72 Å². The predicted molar refractivity (Wildman–Crippen MR) is 69.5 cm³/mol. The summed E-state index contributed by atoms with van der Waals surface area (Å²) >= 11 is 0. The summed E-state index contributed by atoms with van der Waals surface area (Å²) in [5.74, 6) is -0.550. The van der Waals surface area contributed by atoms with Crippen LogP contribution in [0, 0.1) is 0 Å². The fraction of sp³-hybridized carbons (Fsp3) is 0. The molecule has 12 nitrogen and oxygen atoms in total. The van der Waals surface area contributed by atoms with Crippen LogP contribution in [0.25, 0.3) is 0 Å². The van der Waals surface area contributed by atoms with E-state index in [4.69, 9.17) is 36.8 Å². The number of hydrogen-bond donors (Lipinski definition) is 6. The zero-order valence-corrected chi connectivity index (χ0v) is 12.8. The normalized spacial score (nSPS) is 15.4. The molecule has 1 aliphatic heterocycles. The molecule has 126 valence electrons. The molecule has 0 spiro atoms. The Morgan fingerprint density at radius 3 is 1.77 bits per heavy atom. The maximum atomic E-state index is 11.1. The smallest absolute Gasteiger partial charge is 0.303 e. The van der Waals surface area contributed by atoms with E-state index >= 15 is 0 Å². The zero-order valence-electron chi connectivity index (χ0n) is 10.3. The first-order valence-electron chi connectivity index (χ1n) is 4.75. The lowest BCUT2D eigenvalue weighted by molar-refractivity contribution is 0.0985. The van der Waals surface area contributed by atoms with Gasteiger partial charge in [0.1, 0.15) is 4.90 Å². The van der Waals surface area contributed by atoms with Gasteiger partial charge in [-0.15, -0.1) is 0 Å². The Bertz CT molecular complexity index is 777. The zero-order chi connectivity index (χ0) is 17.8. The third-order valence-corrected chi connectivity index (χ3v) is 3.04. The van der Waals surface area contributed by atoms with Crippen LogP contribution in [-0.4, -0.2) is 46.5 Å². The highest BCUT2D eigenvalue weighted by molar-refractivity contribution is 7.90. The summed E-state index contributed by atoms with van der Waals surface area (Å²) in [6.45, 7) is 0. The highest BCUT2D eigenvalue weighted by Gasteiger charge is 2.31. The Labute approximate surface area is 124 Å². The number of fused-ring (bicyclic) bond motifs is 1. The number of carbonyl (C=O) groups excluding carboxylic acids is 1. The van der Waals surface area contributed by atoms with Gasteiger partial charge in [0.25, 0.3) is 15.9 Å². The second-order valence-electron chi connectivity index (χ2n) is 3.39. The first-order chi connectivity index (χ1) is 9.61. The summed E-state index contributed by atoms with van der Waals surface area (Å²) in [6, 6.07) is 6.09. The highest BCUT2D eigenvalue weighted by Crippen LogP contribution is 2.25. The van der Waals surface area contributed by atoms with Crippen molar-refractivity contribution in [2.45, 2.75) is 4.90 Å². The lowest BCUT2D eigenvalue weighted by atomic mass is 10.2. The van der Waals surface area contributed by atoms with Crippen molar-refractivity contribution in [1.82, 2.24) is 4.72 Å². The van der Waals surface area contributed by atoms with Gasteiger partial charge in [-0.1, -0.05) is 12.1 Å². The minimum atomic E-state index is -4.67. The minimum Gasteiger partial charge on any atom is -0.303 e. The van der Waals surface area contributed by atoms with Crippen molar-refractivity contribution in [2.75, 3.05) is 0 Å². The number of rotatable bonds is 0. The lowest BCUT2D eigenvalue weighted by Gasteiger charge is -1.91. The van der Waals surface area contributed by atoms with Gasteiger partial charge in [-0.25, -0.2) is 17.7 Å². The maximum absolute atomic E-state index is 11.1. The summed E-state index contributed by atoms with van der Waals surface area (Å²) in [5.41, 5.74) is 0.220. The van der Waals surface area contributed by atoms with Crippen molar-refractivity contribution in [3.63, 3.8) is 0 Å². The van der Waals surface area contributed by atoms with E-state index in [0.29, 0.717) is 0 Å². The van der Waals surface area contributed by atoms with Crippen LogP contribution in [0.5, 0.6) is 0 Å². The standard InChI is InChI=1S/C7H5NO3S.H3O4P.H2O4S/c9-7-5-3-1-2-4-6(5)12(10,11)8-7;2*1-5(2,3)4/h1-4H,(H,8,9);(H3,1,2,3,4);(H2,1,2,3,4). The molecule has 0 fully saturated rings. The van der Waals surface area contributed by atoms with Gasteiger partial charge >= 0.3 is 18.2 Å². The van der Waals surface area contributed by atoms with Crippen LogP contribution in [0.4, 0.5) is 0 Å². The first-order valence-corrected chi connectivity index (χ1v) is 9.20. The fourth-order valence-electron chi connectivity index (χ4n) is 1.12. The van der Waals surface area contributed by atoms with Gasteiger partial charge in [0.15, 0.2) is 0 Å². The number of nitrogens with one attached hydrogen (secondary N) is 1. The average Bonchev–Trinajstić information content (AvgIpc) is 2.46. The van der Waals surface area contributed by atoms with E-state index in [-0.39, 0.29) is 10.5 Å². The van der Waals surface area contributed by atoms with E-state index < -0.39 is 34.2 Å². The Kier molecular flexibility index (Phi) is 6.80. The molecule has 0 atom stereocenters. The number of phosphoric acid groups is 1. The molecule has 15 heteroatoms. The van der Waals surface area contributed by atoms with Crippen LogP contribution in [0.2, 0.25) is 0 Å². The van der Waals surface area contributed by atoms with Gasteiger partial charge in [0.2, 0.25) is 0 Å². The molecule has 0 saturated carbocycles. The summed E-state index contributed by atoms with van der Waals surface area (Å²) in [7, 11) is -12.9. The number of benzene rings is 1. The molecule has 0 unspecified atom stereocenters. The molecule has 0 saturated heterocycles. The molecule has 2 rings (SSSR count). The topological polar surface area (TPSA) is 216 Å². The van der Waals surface area contributed by atoms with Crippen molar-refractivity contribution in [3.8, 4) is 0 Å². The van der Waals surface area contributed by atoms with Crippen molar-refractivity contribution >= 4 is 34.2 Å². The SMILES string of the molecule is O=C1NS(=O)(=O)c2ccccc21.O=P(O)(O)O.O=S(=O)(O)O. The third-order valence-electron chi connectivity index (χ3n) is 1.65. The molecule has 0 bridgehead atoms. The fourth-order valence-corrected chi connectivity index (χ4v) is 2.29. The molecule has 1 aliphatic rings. The Balaban J connectivity index is 0.000000372. The van der Waals surface area contributed by atoms with E-state index in [9.17, 15) is 13.2 Å². The molecular formula is C7H10NO11PS2. The Morgan fingerprint density at radius 2 is 1.41 bits per heavy atom. The molecule has 1 aromatic rings. The van der Waals surface area contributed by atoms with Gasteiger partial charge in [-0.3, -0.25) is 13.9 Å². The van der Waals surface area contributed by atoms with Crippen LogP contribution in [0.3, 0.4) is 0 Å². The lowest BCUT2D eigenvalue weighted by Crippen LogP contribution is -2.20. The van der Waals surface area contributed by atoms with Gasteiger partial charge in [-0.05, 0) is 12.1 Å². The number of carbonyl (C=O) groups is 1. The summed E-state index contributed by atoms with van der Waals surface area (Å²) in [6.07, 6.45) is 0. The van der Waals surface area contributed by atoms with Crippen LogP contribution in [0.1, 0.15) is 10.4 Å². The molecule has 0 aliphatic carbocycles. The summed E-state index contributed by atoms with van der Waals surface area (Å²) in [4.78, 5) is 32.6. The van der Waals surface area contributed by atoms with Crippen LogP contribution < -0.4 is 4.72 Å². The molecular weight excluding hydrogens is 369 g/mol. The third kappa shape index (κ3) is 9.54.